The summed E-state index contributed by atoms with van der Waals surface area (Å²) in [6.07, 6.45) is -0.961. The van der Waals surface area contributed by atoms with E-state index >= 15 is 0 Å². The summed E-state index contributed by atoms with van der Waals surface area (Å²) in [4.78, 5) is 11.4. The molecule has 0 spiro atoms. The topological polar surface area (TPSA) is 72.6 Å². The minimum Gasteiger partial charge on any atom is -0.490 e. The average Bonchev–Trinajstić information content (AvgIpc) is 2.45. The van der Waals surface area contributed by atoms with Gasteiger partial charge in [-0.25, -0.2) is 4.39 Å². The third-order valence-electron chi connectivity index (χ3n) is 3.19. The van der Waals surface area contributed by atoms with Crippen molar-refractivity contribution in [2.75, 3.05) is 6.61 Å². The second-order valence-corrected chi connectivity index (χ2v) is 5.27. The van der Waals surface area contributed by atoms with Crippen molar-refractivity contribution in [2.24, 2.45) is 5.73 Å². The molecular formula is C16H15ClFNO3. The zero-order valence-electron chi connectivity index (χ0n) is 11.8. The number of halogens is 2. The Balaban J connectivity index is 2.14. The highest BCUT2D eigenvalue weighted by Crippen LogP contribution is 2.25. The lowest BCUT2D eigenvalue weighted by Gasteiger charge is -2.16. The van der Waals surface area contributed by atoms with Gasteiger partial charge in [-0.05, 0) is 48.4 Å². The Morgan fingerprint density at radius 1 is 1.36 bits per heavy atom. The monoisotopic (exact) mass is 323 g/mol. The lowest BCUT2D eigenvalue weighted by Crippen LogP contribution is -2.16. The predicted molar refractivity (Wildman–Crippen MR) is 81.6 cm³/mol. The fraction of sp³-hybridized carbons (Fsp3) is 0.188. The van der Waals surface area contributed by atoms with Gasteiger partial charge in [0.1, 0.15) is 24.3 Å². The number of aliphatic hydroxyl groups excluding tert-OH is 1. The van der Waals surface area contributed by atoms with Crippen LogP contribution in [0.4, 0.5) is 4.39 Å². The zero-order chi connectivity index (χ0) is 16.3. The number of carbonyl (C=O) groups excluding carboxylic acids is 1. The Labute approximate surface area is 132 Å². The van der Waals surface area contributed by atoms with E-state index in [0.29, 0.717) is 16.1 Å². The number of amides is 1. The van der Waals surface area contributed by atoms with E-state index in [9.17, 15) is 14.3 Å². The highest BCUT2D eigenvalue weighted by molar-refractivity contribution is 6.31. The molecule has 0 saturated carbocycles. The summed E-state index contributed by atoms with van der Waals surface area (Å²) in [5.41, 5.74) is 6.56. The molecule has 2 rings (SSSR count). The summed E-state index contributed by atoms with van der Waals surface area (Å²) in [6, 6.07) is 8.55. The largest absolute Gasteiger partial charge is 0.490 e. The molecule has 4 nitrogen and oxygen atoms in total. The Bertz CT molecular complexity index is 706. The molecule has 1 amide bonds. The van der Waals surface area contributed by atoms with Gasteiger partial charge in [0.15, 0.2) is 0 Å². The molecule has 0 aliphatic heterocycles. The molecule has 0 heterocycles. The van der Waals surface area contributed by atoms with E-state index in [1.165, 1.54) is 30.3 Å². The second kappa shape index (κ2) is 6.77. The molecular weight excluding hydrogens is 309 g/mol. The Kier molecular flexibility index (Phi) is 5.00. The maximum Gasteiger partial charge on any atom is 0.252 e. The van der Waals surface area contributed by atoms with Gasteiger partial charge in [0, 0.05) is 5.02 Å². The maximum absolute atomic E-state index is 13.1. The van der Waals surface area contributed by atoms with Crippen LogP contribution < -0.4 is 10.5 Å². The van der Waals surface area contributed by atoms with Gasteiger partial charge in [0.05, 0.1) is 5.56 Å². The molecule has 6 heteroatoms. The van der Waals surface area contributed by atoms with Gasteiger partial charge in [-0.1, -0.05) is 17.7 Å². The number of aliphatic hydroxyl groups is 1. The summed E-state index contributed by atoms with van der Waals surface area (Å²) in [7, 11) is 0. The first-order valence-electron chi connectivity index (χ1n) is 6.54. The highest BCUT2D eigenvalue weighted by atomic mass is 35.5. The van der Waals surface area contributed by atoms with Crippen molar-refractivity contribution in [2.45, 2.75) is 13.0 Å². The van der Waals surface area contributed by atoms with Crippen molar-refractivity contribution in [3.63, 3.8) is 0 Å². The lowest BCUT2D eigenvalue weighted by molar-refractivity contribution is 0.0965. The standard InChI is InChI=1S/C16H15ClFNO3/c1-9-6-11(18)3-4-12(9)14(20)8-22-15-5-2-10(17)7-13(15)16(19)21/h2-7,14,20H,8H2,1H3,(H2,19,21). The SMILES string of the molecule is Cc1cc(F)ccc1C(O)COc1ccc(Cl)cc1C(N)=O. The number of benzene rings is 2. The summed E-state index contributed by atoms with van der Waals surface area (Å²) in [6.45, 7) is 1.59. The van der Waals surface area contributed by atoms with Crippen LogP contribution in [0.1, 0.15) is 27.6 Å². The van der Waals surface area contributed by atoms with E-state index < -0.39 is 12.0 Å². The number of aryl methyl sites for hydroxylation is 1. The van der Waals surface area contributed by atoms with Crippen molar-refractivity contribution in [1.29, 1.82) is 0 Å². The van der Waals surface area contributed by atoms with Crippen LogP contribution >= 0.6 is 11.6 Å². The summed E-state index contributed by atoms with van der Waals surface area (Å²) < 4.78 is 18.5. The Morgan fingerprint density at radius 2 is 2.09 bits per heavy atom. The third-order valence-corrected chi connectivity index (χ3v) is 3.43. The molecule has 0 bridgehead atoms. The first-order valence-corrected chi connectivity index (χ1v) is 6.92. The molecule has 3 N–H and O–H groups in total. The molecule has 1 atom stereocenters. The smallest absolute Gasteiger partial charge is 0.252 e. The van der Waals surface area contributed by atoms with Gasteiger partial charge in [-0.2, -0.15) is 0 Å². The van der Waals surface area contributed by atoms with Crippen LogP contribution in [0.25, 0.3) is 0 Å². The third kappa shape index (κ3) is 3.75. The first kappa shape index (κ1) is 16.3. The number of nitrogens with two attached hydrogens (primary N) is 1. The molecule has 0 aliphatic carbocycles. The van der Waals surface area contributed by atoms with Crippen LogP contribution in [-0.4, -0.2) is 17.6 Å². The Morgan fingerprint density at radius 3 is 2.73 bits per heavy atom. The summed E-state index contributed by atoms with van der Waals surface area (Å²) in [5, 5.41) is 10.5. The van der Waals surface area contributed by atoms with Gasteiger partial charge >= 0.3 is 0 Å². The summed E-state index contributed by atoms with van der Waals surface area (Å²) >= 11 is 5.81. The van der Waals surface area contributed by atoms with E-state index in [0.717, 1.165) is 0 Å². The van der Waals surface area contributed by atoms with E-state index in [2.05, 4.69) is 0 Å². The molecule has 0 radical (unpaired) electrons. The number of hydrogen-bond donors (Lipinski definition) is 2. The van der Waals surface area contributed by atoms with Crippen molar-refractivity contribution in [3.8, 4) is 5.75 Å². The van der Waals surface area contributed by atoms with Crippen LogP contribution in [0.3, 0.4) is 0 Å². The van der Waals surface area contributed by atoms with Gasteiger partial charge in [-0.15, -0.1) is 0 Å². The lowest BCUT2D eigenvalue weighted by atomic mass is 10.0. The minimum atomic E-state index is -0.961. The van der Waals surface area contributed by atoms with Gasteiger partial charge in [0.2, 0.25) is 0 Å². The van der Waals surface area contributed by atoms with E-state index in [1.807, 2.05) is 0 Å². The van der Waals surface area contributed by atoms with Crippen LogP contribution in [0.2, 0.25) is 5.02 Å². The van der Waals surface area contributed by atoms with Crippen molar-refractivity contribution in [1.82, 2.24) is 0 Å². The van der Waals surface area contributed by atoms with Gasteiger partial charge in [0.25, 0.3) is 5.91 Å². The average molecular weight is 324 g/mol. The number of ether oxygens (including phenoxy) is 1. The van der Waals surface area contributed by atoms with Crippen LogP contribution in [0.5, 0.6) is 5.75 Å². The molecule has 0 fully saturated rings. The van der Waals surface area contributed by atoms with Crippen molar-refractivity contribution in [3.05, 3.63) is 63.9 Å². The predicted octanol–water partition coefficient (Wildman–Crippen LogP) is 3.00. The van der Waals surface area contributed by atoms with Gasteiger partial charge < -0.3 is 15.6 Å². The maximum atomic E-state index is 13.1. The van der Waals surface area contributed by atoms with Crippen LogP contribution in [0.15, 0.2) is 36.4 Å². The molecule has 116 valence electrons. The molecule has 0 aromatic heterocycles. The number of primary amides is 1. The van der Waals surface area contributed by atoms with E-state index in [-0.39, 0.29) is 23.7 Å². The quantitative estimate of drug-likeness (QED) is 0.888. The van der Waals surface area contributed by atoms with E-state index in [4.69, 9.17) is 22.1 Å². The first-order chi connectivity index (χ1) is 10.4. The fourth-order valence-corrected chi connectivity index (χ4v) is 2.26. The zero-order valence-corrected chi connectivity index (χ0v) is 12.6. The summed E-state index contributed by atoms with van der Waals surface area (Å²) in [5.74, 6) is -0.816. The van der Waals surface area contributed by atoms with Crippen LogP contribution in [0, 0.1) is 12.7 Å². The fourth-order valence-electron chi connectivity index (χ4n) is 2.09. The molecule has 22 heavy (non-hydrogen) atoms. The second-order valence-electron chi connectivity index (χ2n) is 4.83. The molecule has 0 saturated heterocycles. The number of rotatable bonds is 5. The number of carbonyl (C=O) groups is 1. The number of hydrogen-bond acceptors (Lipinski definition) is 3. The Hall–Kier alpha value is -2.11. The molecule has 0 aliphatic rings. The highest BCUT2D eigenvalue weighted by Gasteiger charge is 2.15. The van der Waals surface area contributed by atoms with Crippen molar-refractivity contribution < 1.29 is 19.0 Å². The minimum absolute atomic E-state index is 0.103. The molecule has 2 aromatic rings. The molecule has 1 unspecified atom stereocenters. The molecule has 2 aromatic carbocycles. The normalized spacial score (nSPS) is 12.0. The van der Waals surface area contributed by atoms with E-state index in [1.54, 1.807) is 13.0 Å². The van der Waals surface area contributed by atoms with Crippen LogP contribution in [-0.2, 0) is 0 Å². The van der Waals surface area contributed by atoms with Crippen molar-refractivity contribution >= 4 is 17.5 Å². The van der Waals surface area contributed by atoms with Gasteiger partial charge in [-0.3, -0.25) is 4.79 Å².